The predicted molar refractivity (Wildman–Crippen MR) is 138 cm³/mol. The smallest absolute Gasteiger partial charge is 0.272 e. The zero-order chi connectivity index (χ0) is 25.1. The van der Waals surface area contributed by atoms with Crippen molar-refractivity contribution in [3.05, 3.63) is 83.5 Å². The van der Waals surface area contributed by atoms with Crippen LogP contribution in [0.1, 0.15) is 72.9 Å². The molecule has 3 heterocycles. The van der Waals surface area contributed by atoms with Gasteiger partial charge >= 0.3 is 0 Å². The number of ether oxygens (including phenoxy) is 1. The van der Waals surface area contributed by atoms with Gasteiger partial charge in [0.15, 0.2) is 0 Å². The molecule has 0 spiro atoms. The monoisotopic (exact) mass is 477 g/mol. The number of imidazole rings is 1. The number of aryl methyl sites for hydroxylation is 1. The minimum absolute atomic E-state index is 0.154. The maximum Gasteiger partial charge on any atom is 0.272 e. The van der Waals surface area contributed by atoms with Crippen LogP contribution in [0.2, 0.25) is 0 Å². The summed E-state index contributed by atoms with van der Waals surface area (Å²) in [4.78, 5) is 39.6. The Morgan fingerprint density at radius 3 is 2.43 bits per heavy atom. The molecule has 35 heavy (non-hydrogen) atoms. The normalized spacial score (nSPS) is 18.4. The lowest BCUT2D eigenvalue weighted by atomic mass is 9.96. The number of rotatable bonds is 6. The summed E-state index contributed by atoms with van der Waals surface area (Å²) < 4.78 is 5.66. The van der Waals surface area contributed by atoms with Crippen LogP contribution in [0, 0.1) is 13.8 Å². The molecule has 8 heteroatoms. The summed E-state index contributed by atoms with van der Waals surface area (Å²) in [6, 6.07) is 6.05. The van der Waals surface area contributed by atoms with Crippen molar-refractivity contribution >= 4 is 12.2 Å². The fourth-order valence-electron chi connectivity index (χ4n) is 4.58. The Balaban J connectivity index is 1.77. The number of nitrogens with one attached hydrogen (secondary N) is 4. The zero-order valence-electron chi connectivity index (χ0n) is 21.1. The van der Waals surface area contributed by atoms with E-state index < -0.39 is 0 Å². The highest BCUT2D eigenvalue weighted by Gasteiger charge is 2.27. The molecule has 1 fully saturated rings. The third-order valence-electron chi connectivity index (χ3n) is 6.80. The van der Waals surface area contributed by atoms with Gasteiger partial charge in [0, 0.05) is 24.2 Å². The lowest BCUT2D eigenvalue weighted by Crippen LogP contribution is -2.46. The van der Waals surface area contributed by atoms with E-state index in [0.29, 0.717) is 18.9 Å². The third kappa shape index (κ3) is 5.39. The molecule has 2 aromatic heterocycles. The van der Waals surface area contributed by atoms with E-state index in [4.69, 9.17) is 9.72 Å². The molecule has 186 valence electrons. The topological polar surface area (TPSA) is 116 Å². The van der Waals surface area contributed by atoms with Crippen LogP contribution in [0.4, 0.5) is 0 Å². The molecule has 2 unspecified atom stereocenters. The van der Waals surface area contributed by atoms with E-state index in [1.165, 1.54) is 0 Å². The highest BCUT2D eigenvalue weighted by atomic mass is 16.5. The first-order chi connectivity index (χ1) is 16.8. The number of nitrogens with zero attached hydrogens (tertiary/aromatic N) is 1. The van der Waals surface area contributed by atoms with Gasteiger partial charge in [-0.25, -0.2) is 4.98 Å². The molecule has 8 nitrogen and oxygen atoms in total. The number of benzene rings is 1. The number of morpholine rings is 1. The van der Waals surface area contributed by atoms with Gasteiger partial charge in [-0.15, -0.1) is 0 Å². The van der Waals surface area contributed by atoms with Gasteiger partial charge in [0.25, 0.3) is 11.1 Å². The van der Waals surface area contributed by atoms with Gasteiger partial charge in [0.05, 0.1) is 18.9 Å². The molecule has 0 radical (unpaired) electrons. The van der Waals surface area contributed by atoms with Crippen LogP contribution < -0.4 is 27.1 Å². The van der Waals surface area contributed by atoms with Gasteiger partial charge < -0.3 is 25.0 Å². The molecule has 2 atom stereocenters. The van der Waals surface area contributed by atoms with Gasteiger partial charge in [0.2, 0.25) is 0 Å². The second-order valence-electron chi connectivity index (χ2n) is 9.54. The highest BCUT2D eigenvalue weighted by molar-refractivity contribution is 5.54. The Morgan fingerprint density at radius 1 is 1.09 bits per heavy atom. The molecular formula is C27H35N5O3. The van der Waals surface area contributed by atoms with Crippen LogP contribution in [0.15, 0.2) is 27.8 Å². The van der Waals surface area contributed by atoms with Gasteiger partial charge in [-0.2, -0.15) is 0 Å². The number of aromatic amines is 3. The molecule has 0 saturated carbocycles. The molecule has 0 bridgehead atoms. The lowest BCUT2D eigenvalue weighted by Gasteiger charge is -2.29. The van der Waals surface area contributed by atoms with E-state index in [1.54, 1.807) is 12.2 Å². The highest BCUT2D eigenvalue weighted by Crippen LogP contribution is 2.26. The molecule has 4 rings (SSSR count). The number of aromatic nitrogens is 4. The first kappa shape index (κ1) is 24.9. The van der Waals surface area contributed by atoms with Crippen LogP contribution in [0.3, 0.4) is 0 Å². The van der Waals surface area contributed by atoms with Crippen LogP contribution in [0.5, 0.6) is 0 Å². The van der Waals surface area contributed by atoms with Gasteiger partial charge in [-0.05, 0) is 55.0 Å². The molecular weight excluding hydrogens is 442 g/mol. The standard InChI is InChI=1S/C27H35N5O3/c1-6-19(23-14-35-11-10-28-23)25-29-20(24(32-25)15(2)3)13-22-27(34)30-21(26(33)31-22)12-18-9-7-8-16(4)17(18)5/h7-9,12-13,15,19,23,28H,6,10-11,14H2,1-5H3,(H,29,32)(H,30,34)(H,31,33)/b21-12-,22-13-. The maximum absolute atomic E-state index is 12.9. The van der Waals surface area contributed by atoms with Crippen LogP contribution in [-0.2, 0) is 4.74 Å². The van der Waals surface area contributed by atoms with Crippen molar-refractivity contribution in [3.63, 3.8) is 0 Å². The Hall–Kier alpha value is -3.23. The first-order valence-electron chi connectivity index (χ1n) is 12.3. The van der Waals surface area contributed by atoms with E-state index in [-0.39, 0.29) is 39.7 Å². The van der Waals surface area contributed by atoms with Crippen molar-refractivity contribution in [3.8, 4) is 0 Å². The molecule has 3 aromatic rings. The molecule has 4 N–H and O–H groups in total. The first-order valence-corrected chi connectivity index (χ1v) is 12.3. The van der Waals surface area contributed by atoms with Crippen molar-refractivity contribution < 1.29 is 4.74 Å². The summed E-state index contributed by atoms with van der Waals surface area (Å²) in [5, 5.41) is 3.93. The van der Waals surface area contributed by atoms with E-state index in [9.17, 15) is 9.59 Å². The van der Waals surface area contributed by atoms with E-state index >= 15 is 0 Å². The van der Waals surface area contributed by atoms with Gasteiger partial charge in [-0.3, -0.25) is 9.59 Å². The quantitative estimate of drug-likeness (QED) is 0.431. The Bertz CT molecular complexity index is 1420. The molecule has 1 saturated heterocycles. The van der Waals surface area contributed by atoms with Crippen LogP contribution in [-0.4, -0.2) is 45.7 Å². The molecule has 1 aromatic carbocycles. The Morgan fingerprint density at radius 2 is 1.80 bits per heavy atom. The van der Waals surface area contributed by atoms with Crippen molar-refractivity contribution in [2.45, 2.75) is 58.9 Å². The van der Waals surface area contributed by atoms with Crippen molar-refractivity contribution in [2.24, 2.45) is 0 Å². The van der Waals surface area contributed by atoms with Crippen molar-refractivity contribution in [1.82, 2.24) is 25.3 Å². The minimum atomic E-state index is -0.366. The van der Waals surface area contributed by atoms with E-state index in [2.05, 4.69) is 41.0 Å². The molecule has 1 aliphatic heterocycles. The lowest BCUT2D eigenvalue weighted by molar-refractivity contribution is 0.0664. The number of H-pyrrole nitrogens is 3. The Labute approximate surface area is 204 Å². The predicted octanol–water partition coefficient (Wildman–Crippen LogP) is 1.67. The molecule has 1 aliphatic rings. The average Bonchev–Trinajstić information content (AvgIpc) is 3.25. The van der Waals surface area contributed by atoms with Gasteiger partial charge in [0.1, 0.15) is 16.5 Å². The van der Waals surface area contributed by atoms with Gasteiger partial charge in [-0.1, -0.05) is 39.0 Å². The van der Waals surface area contributed by atoms with Crippen LogP contribution in [0.25, 0.3) is 12.2 Å². The van der Waals surface area contributed by atoms with Crippen molar-refractivity contribution in [2.75, 3.05) is 19.8 Å². The third-order valence-corrected chi connectivity index (χ3v) is 6.80. The Kier molecular flexibility index (Phi) is 7.52. The fourth-order valence-corrected chi connectivity index (χ4v) is 4.58. The summed E-state index contributed by atoms with van der Waals surface area (Å²) in [5.41, 5.74) is 3.96. The van der Waals surface area contributed by atoms with E-state index in [1.807, 2.05) is 32.0 Å². The summed E-state index contributed by atoms with van der Waals surface area (Å²) in [7, 11) is 0. The van der Waals surface area contributed by atoms with Crippen molar-refractivity contribution in [1.29, 1.82) is 0 Å². The van der Waals surface area contributed by atoms with E-state index in [0.717, 1.165) is 41.2 Å². The second-order valence-corrected chi connectivity index (χ2v) is 9.54. The molecule has 0 amide bonds. The number of hydrogen-bond donors (Lipinski definition) is 4. The largest absolute Gasteiger partial charge is 0.378 e. The summed E-state index contributed by atoms with van der Waals surface area (Å²) in [6.07, 6.45) is 4.27. The van der Waals surface area contributed by atoms with Crippen LogP contribution >= 0.6 is 0 Å². The minimum Gasteiger partial charge on any atom is -0.378 e. The summed E-state index contributed by atoms with van der Waals surface area (Å²) in [6.45, 7) is 12.5. The summed E-state index contributed by atoms with van der Waals surface area (Å²) in [5.74, 6) is 1.18. The number of hydrogen-bond acceptors (Lipinski definition) is 5. The SMILES string of the molecule is CCC(c1nc(/C=c2\[nH]c(=O)/c(=C/c3cccc(C)c3C)[nH]c2=O)c(C(C)C)[nH]1)C1COCCN1. The fraction of sp³-hybridized carbons (Fsp3) is 0.444. The zero-order valence-corrected chi connectivity index (χ0v) is 21.1. The second kappa shape index (κ2) is 10.6. The maximum atomic E-state index is 12.9. The summed E-state index contributed by atoms with van der Waals surface area (Å²) >= 11 is 0. The molecule has 0 aliphatic carbocycles. The average molecular weight is 478 g/mol.